The van der Waals surface area contributed by atoms with Crippen molar-refractivity contribution in [2.75, 3.05) is 19.6 Å². The Kier molecular flexibility index (Phi) is 4.34. The zero-order chi connectivity index (χ0) is 12.4. The van der Waals surface area contributed by atoms with E-state index in [2.05, 4.69) is 30.4 Å². The molecule has 0 aliphatic carbocycles. The predicted molar refractivity (Wildman–Crippen MR) is 65.2 cm³/mol. The zero-order valence-electron chi connectivity index (χ0n) is 10.4. The molecule has 5 nitrogen and oxygen atoms in total. The first kappa shape index (κ1) is 13.9. The Morgan fingerprint density at radius 3 is 2.19 bits per heavy atom. The molecule has 1 aliphatic rings. The second kappa shape index (κ2) is 5.00. The summed E-state index contributed by atoms with van der Waals surface area (Å²) in [5.74, 6) is 0.414. The largest absolute Gasteiger partial charge is 0.298 e. The second-order valence-electron chi connectivity index (χ2n) is 5.49. The molecule has 1 rings (SSSR count). The van der Waals surface area contributed by atoms with E-state index >= 15 is 0 Å². The Morgan fingerprint density at radius 1 is 1.31 bits per heavy atom. The fourth-order valence-corrected chi connectivity index (χ4v) is 2.51. The maximum Gasteiger partial charge on any atom is 0.274 e. The minimum Gasteiger partial charge on any atom is -0.298 e. The molecular formula is C10H23N3O2S. The van der Waals surface area contributed by atoms with Crippen LogP contribution in [0.4, 0.5) is 0 Å². The summed E-state index contributed by atoms with van der Waals surface area (Å²) in [6, 6.07) is 0. The van der Waals surface area contributed by atoms with Gasteiger partial charge in [-0.25, -0.2) is 9.86 Å². The van der Waals surface area contributed by atoms with E-state index in [1.165, 1.54) is 0 Å². The van der Waals surface area contributed by atoms with Crippen LogP contribution in [0.3, 0.4) is 0 Å². The summed E-state index contributed by atoms with van der Waals surface area (Å²) in [6.07, 6.45) is 2.06. The number of rotatable bonds is 3. The van der Waals surface area contributed by atoms with E-state index in [4.69, 9.17) is 5.14 Å². The van der Waals surface area contributed by atoms with Gasteiger partial charge in [0.2, 0.25) is 0 Å². The van der Waals surface area contributed by atoms with E-state index in [1.54, 1.807) is 0 Å². The Morgan fingerprint density at radius 2 is 1.81 bits per heavy atom. The maximum atomic E-state index is 10.8. The van der Waals surface area contributed by atoms with Gasteiger partial charge in [-0.05, 0) is 52.6 Å². The van der Waals surface area contributed by atoms with Crippen molar-refractivity contribution in [3.63, 3.8) is 0 Å². The van der Waals surface area contributed by atoms with Crippen LogP contribution in [0, 0.1) is 5.92 Å². The molecule has 1 heterocycles. The van der Waals surface area contributed by atoms with Gasteiger partial charge in [-0.1, -0.05) is 0 Å². The first-order valence-electron chi connectivity index (χ1n) is 5.71. The monoisotopic (exact) mass is 249 g/mol. The van der Waals surface area contributed by atoms with Gasteiger partial charge in [0.1, 0.15) is 0 Å². The van der Waals surface area contributed by atoms with Gasteiger partial charge in [0.15, 0.2) is 0 Å². The van der Waals surface area contributed by atoms with E-state index in [-0.39, 0.29) is 5.54 Å². The molecule has 0 spiro atoms. The number of nitrogens with zero attached hydrogens (tertiary/aromatic N) is 1. The van der Waals surface area contributed by atoms with Crippen molar-refractivity contribution >= 4 is 10.2 Å². The minimum absolute atomic E-state index is 0.207. The Balaban J connectivity index is 2.33. The molecule has 0 bridgehead atoms. The number of nitrogens with two attached hydrogens (primary N) is 1. The van der Waals surface area contributed by atoms with E-state index in [0.29, 0.717) is 12.5 Å². The van der Waals surface area contributed by atoms with E-state index in [9.17, 15) is 8.42 Å². The predicted octanol–water partition coefficient (Wildman–Crippen LogP) is 0.290. The standard InChI is InChI=1S/C10H23N3O2S/c1-10(2,3)13-6-4-9(5-7-13)8-12-16(11,14)15/h9,12H,4-8H2,1-3H3,(H2,11,14,15). The lowest BCUT2D eigenvalue weighted by atomic mass is 9.93. The molecule has 0 unspecified atom stereocenters. The van der Waals surface area contributed by atoms with Gasteiger partial charge >= 0.3 is 0 Å². The summed E-state index contributed by atoms with van der Waals surface area (Å²) < 4.78 is 23.9. The van der Waals surface area contributed by atoms with Gasteiger partial charge < -0.3 is 0 Å². The second-order valence-corrected chi connectivity index (χ2v) is 6.87. The highest BCUT2D eigenvalue weighted by molar-refractivity contribution is 7.87. The maximum absolute atomic E-state index is 10.8. The molecule has 96 valence electrons. The third kappa shape index (κ3) is 4.78. The number of likely N-dealkylation sites (tertiary alicyclic amines) is 1. The summed E-state index contributed by atoms with van der Waals surface area (Å²) in [5, 5.41) is 4.90. The fourth-order valence-electron chi connectivity index (χ4n) is 2.04. The molecule has 0 amide bonds. The summed E-state index contributed by atoms with van der Waals surface area (Å²) in [5.41, 5.74) is 0.207. The highest BCUT2D eigenvalue weighted by Crippen LogP contribution is 2.23. The molecular weight excluding hydrogens is 226 g/mol. The molecule has 16 heavy (non-hydrogen) atoms. The van der Waals surface area contributed by atoms with Crippen molar-refractivity contribution < 1.29 is 8.42 Å². The first-order valence-corrected chi connectivity index (χ1v) is 7.25. The topological polar surface area (TPSA) is 75.4 Å². The van der Waals surface area contributed by atoms with Crippen molar-refractivity contribution in [1.82, 2.24) is 9.62 Å². The summed E-state index contributed by atoms with van der Waals surface area (Å²) >= 11 is 0. The Hall–Kier alpha value is -0.170. The fraction of sp³-hybridized carbons (Fsp3) is 1.00. The number of hydrogen-bond donors (Lipinski definition) is 2. The van der Waals surface area contributed by atoms with Gasteiger partial charge in [-0.15, -0.1) is 0 Å². The molecule has 0 saturated carbocycles. The van der Waals surface area contributed by atoms with Gasteiger partial charge in [-0.3, -0.25) is 4.90 Å². The molecule has 0 aromatic rings. The number of hydrogen-bond acceptors (Lipinski definition) is 3. The lowest BCUT2D eigenvalue weighted by molar-refractivity contribution is 0.0885. The van der Waals surface area contributed by atoms with Crippen LogP contribution in [-0.2, 0) is 10.2 Å². The van der Waals surface area contributed by atoms with Crippen LogP contribution in [0.25, 0.3) is 0 Å². The van der Waals surface area contributed by atoms with Crippen LogP contribution in [0.2, 0.25) is 0 Å². The molecule has 1 saturated heterocycles. The SMILES string of the molecule is CC(C)(C)N1CCC(CNS(N)(=O)=O)CC1. The molecule has 0 aromatic heterocycles. The van der Waals surface area contributed by atoms with Gasteiger partial charge in [-0.2, -0.15) is 8.42 Å². The van der Waals surface area contributed by atoms with E-state index < -0.39 is 10.2 Å². The van der Waals surface area contributed by atoms with Crippen molar-refractivity contribution in [3.8, 4) is 0 Å². The van der Waals surface area contributed by atoms with Gasteiger partial charge in [0.25, 0.3) is 10.2 Å². The smallest absolute Gasteiger partial charge is 0.274 e. The number of piperidine rings is 1. The summed E-state index contributed by atoms with van der Waals surface area (Å²) in [7, 11) is -3.53. The molecule has 0 aromatic carbocycles. The van der Waals surface area contributed by atoms with Crippen LogP contribution in [-0.4, -0.2) is 38.5 Å². The van der Waals surface area contributed by atoms with Gasteiger partial charge in [0, 0.05) is 12.1 Å². The Bertz CT molecular complexity index is 313. The highest BCUT2D eigenvalue weighted by Gasteiger charge is 2.27. The lowest BCUT2D eigenvalue weighted by Gasteiger charge is -2.40. The van der Waals surface area contributed by atoms with E-state index in [0.717, 1.165) is 25.9 Å². The van der Waals surface area contributed by atoms with E-state index in [1.807, 2.05) is 0 Å². The molecule has 1 aliphatic heterocycles. The quantitative estimate of drug-likeness (QED) is 0.755. The van der Waals surface area contributed by atoms with Crippen molar-refractivity contribution in [3.05, 3.63) is 0 Å². The van der Waals surface area contributed by atoms with Gasteiger partial charge in [0.05, 0.1) is 0 Å². The molecule has 0 radical (unpaired) electrons. The van der Waals surface area contributed by atoms with Crippen LogP contribution in [0.15, 0.2) is 0 Å². The van der Waals surface area contributed by atoms with Crippen molar-refractivity contribution in [2.24, 2.45) is 11.1 Å². The Labute approximate surface area is 98.6 Å². The lowest BCUT2D eigenvalue weighted by Crippen LogP contribution is -2.47. The minimum atomic E-state index is -3.53. The van der Waals surface area contributed by atoms with Crippen LogP contribution in [0.5, 0.6) is 0 Å². The van der Waals surface area contributed by atoms with Crippen LogP contribution in [0.1, 0.15) is 33.6 Å². The first-order chi connectivity index (χ1) is 7.18. The van der Waals surface area contributed by atoms with Crippen LogP contribution >= 0.6 is 0 Å². The normalized spacial score (nSPS) is 21.2. The molecule has 6 heteroatoms. The molecule has 3 N–H and O–H groups in total. The molecule has 0 atom stereocenters. The third-order valence-corrected chi connectivity index (χ3v) is 3.71. The van der Waals surface area contributed by atoms with Crippen molar-refractivity contribution in [2.45, 2.75) is 39.2 Å². The third-order valence-electron chi connectivity index (χ3n) is 3.14. The highest BCUT2D eigenvalue weighted by atomic mass is 32.2. The number of nitrogens with one attached hydrogen (secondary N) is 1. The average Bonchev–Trinajstić information content (AvgIpc) is 2.13. The molecule has 1 fully saturated rings. The van der Waals surface area contributed by atoms with Crippen molar-refractivity contribution in [1.29, 1.82) is 0 Å². The van der Waals surface area contributed by atoms with Crippen LogP contribution < -0.4 is 9.86 Å². The average molecular weight is 249 g/mol. The summed E-state index contributed by atoms with van der Waals surface area (Å²) in [6.45, 7) is 9.14. The zero-order valence-corrected chi connectivity index (χ0v) is 11.2. The summed E-state index contributed by atoms with van der Waals surface area (Å²) in [4.78, 5) is 2.43.